The number of rotatable bonds is 1. The molecule has 1 amide bonds. The van der Waals surface area contributed by atoms with Gasteiger partial charge in [-0.15, -0.1) is 0 Å². The van der Waals surface area contributed by atoms with Gasteiger partial charge in [0.05, 0.1) is 17.0 Å². The summed E-state index contributed by atoms with van der Waals surface area (Å²) < 4.78 is 24.6. The maximum Gasteiger partial charge on any atom is 0.282 e. The van der Waals surface area contributed by atoms with Crippen LogP contribution in [-0.4, -0.2) is 42.7 Å². The summed E-state index contributed by atoms with van der Waals surface area (Å²) in [7, 11) is -3.84. The minimum atomic E-state index is -3.84. The molecule has 2 aliphatic rings. The summed E-state index contributed by atoms with van der Waals surface area (Å²) in [4.78, 5) is 18.1. The van der Waals surface area contributed by atoms with Crippen molar-refractivity contribution < 1.29 is 13.2 Å². The third kappa shape index (κ3) is 1.81. The Morgan fingerprint density at radius 1 is 1.41 bits per heavy atom. The standard InChI is InChI=1S/C15H17N3O3S/c1-10(2)18-9-15(8-13(18)16-3)14(19)17-11-6-4-5-7-12(11)22(15,20)21/h4-7,10,13H,8-9H2,1-2H3,(H,17,19)/t13-,15+/m0/s1. The third-order valence-corrected chi connectivity index (χ3v) is 6.94. The van der Waals surface area contributed by atoms with E-state index in [-0.39, 0.29) is 23.9 Å². The number of nitrogens with zero attached hydrogens (tertiary/aromatic N) is 2. The van der Waals surface area contributed by atoms with Gasteiger partial charge >= 0.3 is 0 Å². The molecule has 1 fully saturated rings. The topological polar surface area (TPSA) is 70.8 Å². The van der Waals surface area contributed by atoms with Crippen LogP contribution in [0.2, 0.25) is 0 Å². The molecular weight excluding hydrogens is 302 g/mol. The molecule has 1 spiro atoms. The number of hydrogen-bond donors (Lipinski definition) is 1. The number of carbonyl (C=O) groups excluding carboxylic acids is 1. The summed E-state index contributed by atoms with van der Waals surface area (Å²) in [5.41, 5.74) is 0.320. The lowest BCUT2D eigenvalue weighted by Crippen LogP contribution is -2.54. The SMILES string of the molecule is [C-]#[N+][C@@H]1C[C@@]2(CN1C(C)C)C(=O)Nc1ccccc1S2(=O)=O. The predicted octanol–water partition coefficient (Wildman–Crippen LogP) is 1.51. The lowest BCUT2D eigenvalue weighted by atomic mass is 10.1. The van der Waals surface area contributed by atoms with Crippen molar-refractivity contribution >= 4 is 21.4 Å². The molecule has 1 saturated heterocycles. The fourth-order valence-corrected chi connectivity index (χ4v) is 5.33. The number of nitrogens with one attached hydrogen (secondary N) is 1. The van der Waals surface area contributed by atoms with Gasteiger partial charge < -0.3 is 5.32 Å². The van der Waals surface area contributed by atoms with E-state index < -0.39 is 26.7 Å². The molecule has 2 atom stereocenters. The van der Waals surface area contributed by atoms with Crippen molar-refractivity contribution in [2.45, 2.75) is 42.1 Å². The first kappa shape index (κ1) is 15.0. The van der Waals surface area contributed by atoms with Crippen LogP contribution < -0.4 is 5.32 Å². The molecule has 7 heteroatoms. The van der Waals surface area contributed by atoms with Gasteiger partial charge in [-0.1, -0.05) is 12.1 Å². The molecule has 1 aromatic carbocycles. The molecule has 6 nitrogen and oxygen atoms in total. The van der Waals surface area contributed by atoms with Crippen LogP contribution in [0.3, 0.4) is 0 Å². The zero-order valence-electron chi connectivity index (χ0n) is 12.4. The molecule has 2 aliphatic heterocycles. The molecular formula is C15H17N3O3S. The highest BCUT2D eigenvalue weighted by Crippen LogP contribution is 2.44. The van der Waals surface area contributed by atoms with Crippen LogP contribution in [0.25, 0.3) is 4.85 Å². The highest BCUT2D eigenvalue weighted by atomic mass is 32.2. The van der Waals surface area contributed by atoms with Crippen LogP contribution in [0.4, 0.5) is 5.69 Å². The summed E-state index contributed by atoms with van der Waals surface area (Å²) >= 11 is 0. The first-order valence-corrected chi connectivity index (χ1v) is 8.59. The maximum atomic E-state index is 13.1. The lowest BCUT2D eigenvalue weighted by Gasteiger charge is -2.32. The fraction of sp³-hybridized carbons (Fsp3) is 0.467. The average Bonchev–Trinajstić information content (AvgIpc) is 2.88. The van der Waals surface area contributed by atoms with Crippen molar-refractivity contribution in [2.75, 3.05) is 11.9 Å². The number of fused-ring (bicyclic) bond motifs is 1. The van der Waals surface area contributed by atoms with Crippen molar-refractivity contribution in [2.24, 2.45) is 0 Å². The largest absolute Gasteiger partial charge is 0.323 e. The highest BCUT2D eigenvalue weighted by Gasteiger charge is 2.63. The molecule has 1 N–H and O–H groups in total. The van der Waals surface area contributed by atoms with Crippen LogP contribution in [-0.2, 0) is 14.6 Å². The number of likely N-dealkylation sites (tertiary alicyclic amines) is 1. The van der Waals surface area contributed by atoms with Gasteiger partial charge in [0.1, 0.15) is 0 Å². The van der Waals surface area contributed by atoms with Crippen LogP contribution in [0.5, 0.6) is 0 Å². The van der Waals surface area contributed by atoms with Gasteiger partial charge in [-0.05, 0) is 26.0 Å². The molecule has 2 heterocycles. The minimum Gasteiger partial charge on any atom is -0.323 e. The second-order valence-corrected chi connectivity index (χ2v) is 8.26. The molecule has 116 valence electrons. The molecule has 22 heavy (non-hydrogen) atoms. The Morgan fingerprint density at radius 3 is 2.68 bits per heavy atom. The Kier molecular flexibility index (Phi) is 3.27. The quantitative estimate of drug-likeness (QED) is 0.797. The molecule has 0 radical (unpaired) electrons. The first-order chi connectivity index (χ1) is 10.3. The Labute approximate surface area is 129 Å². The van der Waals surface area contributed by atoms with E-state index in [0.29, 0.717) is 5.69 Å². The number of anilines is 1. The number of amides is 1. The second-order valence-electron chi connectivity index (χ2n) is 6.03. The molecule has 0 saturated carbocycles. The summed E-state index contributed by atoms with van der Waals surface area (Å²) in [6.45, 7) is 11.2. The number of sulfone groups is 1. The maximum absolute atomic E-state index is 13.1. The number of hydrogen-bond acceptors (Lipinski definition) is 4. The van der Waals surface area contributed by atoms with E-state index in [4.69, 9.17) is 6.57 Å². The molecule has 0 aromatic heterocycles. The Balaban J connectivity index is 2.17. The molecule has 0 unspecified atom stereocenters. The number of carbonyl (C=O) groups is 1. The highest BCUT2D eigenvalue weighted by molar-refractivity contribution is 7.94. The zero-order chi connectivity index (χ0) is 16.1. The van der Waals surface area contributed by atoms with E-state index >= 15 is 0 Å². The van der Waals surface area contributed by atoms with Crippen molar-refractivity contribution in [3.63, 3.8) is 0 Å². The van der Waals surface area contributed by atoms with Crippen molar-refractivity contribution in [3.8, 4) is 0 Å². The summed E-state index contributed by atoms with van der Waals surface area (Å²) in [5.74, 6) is -0.525. The van der Waals surface area contributed by atoms with E-state index in [1.54, 1.807) is 23.1 Å². The van der Waals surface area contributed by atoms with Crippen molar-refractivity contribution in [1.29, 1.82) is 0 Å². The predicted molar refractivity (Wildman–Crippen MR) is 81.8 cm³/mol. The monoisotopic (exact) mass is 319 g/mol. The smallest absolute Gasteiger partial charge is 0.282 e. The lowest BCUT2D eigenvalue weighted by molar-refractivity contribution is -0.118. The van der Waals surface area contributed by atoms with Crippen molar-refractivity contribution in [1.82, 2.24) is 4.90 Å². The van der Waals surface area contributed by atoms with Gasteiger partial charge in [0.2, 0.25) is 5.91 Å². The van der Waals surface area contributed by atoms with E-state index in [0.717, 1.165) is 0 Å². The first-order valence-electron chi connectivity index (χ1n) is 7.11. The van der Waals surface area contributed by atoms with E-state index in [1.165, 1.54) is 6.07 Å². The molecule has 0 aliphatic carbocycles. The number of para-hydroxylation sites is 1. The summed E-state index contributed by atoms with van der Waals surface area (Å²) in [6.07, 6.45) is -0.581. The fourth-order valence-electron chi connectivity index (χ4n) is 3.26. The van der Waals surface area contributed by atoms with Gasteiger partial charge in [0.15, 0.2) is 14.6 Å². The van der Waals surface area contributed by atoms with Crippen LogP contribution in [0, 0.1) is 6.57 Å². The van der Waals surface area contributed by atoms with E-state index in [2.05, 4.69) is 10.2 Å². The Hall–Kier alpha value is -1.91. The van der Waals surface area contributed by atoms with Gasteiger partial charge in [0.25, 0.3) is 6.17 Å². The Morgan fingerprint density at radius 2 is 2.09 bits per heavy atom. The minimum absolute atomic E-state index is 0.00125. The Bertz CT molecular complexity index is 781. The third-order valence-electron chi connectivity index (χ3n) is 4.50. The summed E-state index contributed by atoms with van der Waals surface area (Å²) in [5, 5.41) is 2.70. The zero-order valence-corrected chi connectivity index (χ0v) is 13.2. The molecule has 1 aromatic rings. The molecule has 0 bridgehead atoms. The second kappa shape index (κ2) is 4.80. The van der Waals surface area contributed by atoms with Gasteiger partial charge in [-0.2, -0.15) is 0 Å². The van der Waals surface area contributed by atoms with E-state index in [1.807, 2.05) is 13.8 Å². The van der Waals surface area contributed by atoms with Gasteiger partial charge in [0, 0.05) is 12.6 Å². The normalized spacial score (nSPS) is 30.1. The van der Waals surface area contributed by atoms with E-state index in [9.17, 15) is 13.2 Å². The van der Waals surface area contributed by atoms with Crippen LogP contribution in [0.15, 0.2) is 29.2 Å². The van der Waals surface area contributed by atoms with Crippen molar-refractivity contribution in [3.05, 3.63) is 35.7 Å². The van der Waals surface area contributed by atoms with Gasteiger partial charge in [-0.25, -0.2) is 19.9 Å². The molecule has 3 rings (SSSR count). The van der Waals surface area contributed by atoms with Crippen LogP contribution in [0.1, 0.15) is 20.3 Å². The number of benzene rings is 1. The van der Waals surface area contributed by atoms with Crippen LogP contribution >= 0.6 is 0 Å². The van der Waals surface area contributed by atoms with Gasteiger partial charge in [-0.3, -0.25) is 9.64 Å². The summed E-state index contributed by atoms with van der Waals surface area (Å²) in [6, 6.07) is 6.42. The average molecular weight is 319 g/mol.